The molecule has 2 N–H and O–H groups in total. The van der Waals surface area contributed by atoms with Gasteiger partial charge in [-0.25, -0.2) is 0 Å². The Morgan fingerprint density at radius 1 is 1.26 bits per heavy atom. The second-order valence-corrected chi connectivity index (χ2v) is 8.16. The van der Waals surface area contributed by atoms with Crippen molar-refractivity contribution in [2.75, 3.05) is 13.1 Å². The van der Waals surface area contributed by atoms with Gasteiger partial charge in [-0.05, 0) is 44.9 Å². The minimum atomic E-state index is -0.0884. The van der Waals surface area contributed by atoms with Gasteiger partial charge in [0.15, 0.2) is 5.96 Å². The quantitative estimate of drug-likeness (QED) is 0.538. The summed E-state index contributed by atoms with van der Waals surface area (Å²) in [6.07, 6.45) is 3.37. The van der Waals surface area contributed by atoms with Crippen molar-refractivity contribution in [3.8, 4) is 0 Å². The summed E-state index contributed by atoms with van der Waals surface area (Å²) >= 11 is 12.2. The zero-order valence-corrected chi connectivity index (χ0v) is 17.9. The van der Waals surface area contributed by atoms with Crippen LogP contribution >= 0.6 is 23.2 Å². The summed E-state index contributed by atoms with van der Waals surface area (Å²) in [6, 6.07) is 5.56. The molecule has 0 bridgehead atoms. The van der Waals surface area contributed by atoms with Crippen LogP contribution in [0.3, 0.4) is 0 Å². The maximum atomic E-state index is 6.24. The van der Waals surface area contributed by atoms with E-state index >= 15 is 0 Å². The van der Waals surface area contributed by atoms with Gasteiger partial charge >= 0.3 is 0 Å². The summed E-state index contributed by atoms with van der Waals surface area (Å²) in [4.78, 5) is 4.69. The molecular weight excluding hydrogens is 383 g/mol. The van der Waals surface area contributed by atoms with Crippen LogP contribution < -0.4 is 10.6 Å². The molecule has 0 spiro atoms. The Labute approximate surface area is 171 Å². The lowest BCUT2D eigenvalue weighted by atomic mass is 10.1. The zero-order chi connectivity index (χ0) is 19.9. The van der Waals surface area contributed by atoms with Crippen LogP contribution in [0, 0.1) is 0 Å². The summed E-state index contributed by atoms with van der Waals surface area (Å²) in [6.45, 7) is 10.5. The largest absolute Gasteiger partial charge is 0.355 e. The molecule has 148 valence electrons. The van der Waals surface area contributed by atoms with Gasteiger partial charge < -0.3 is 15.2 Å². The predicted molar refractivity (Wildman–Crippen MR) is 113 cm³/mol. The number of aliphatic imine (C=N–C) groups is 1. The molecule has 0 aliphatic heterocycles. The van der Waals surface area contributed by atoms with E-state index in [1.54, 1.807) is 12.4 Å². The Morgan fingerprint density at radius 2 is 2.04 bits per heavy atom. The van der Waals surface area contributed by atoms with Crippen LogP contribution in [0.15, 0.2) is 29.5 Å². The topological polar surface area (TPSA) is 67.1 Å². The van der Waals surface area contributed by atoms with Gasteiger partial charge in [0.05, 0.1) is 0 Å². The minimum absolute atomic E-state index is 0.0884. The van der Waals surface area contributed by atoms with Gasteiger partial charge in [0.2, 0.25) is 0 Å². The predicted octanol–water partition coefficient (Wildman–Crippen LogP) is 3.72. The monoisotopic (exact) mass is 410 g/mol. The molecule has 0 aliphatic rings. The number of hydrogen-bond donors (Lipinski definition) is 2. The molecule has 0 saturated heterocycles. The van der Waals surface area contributed by atoms with Gasteiger partial charge in [-0.1, -0.05) is 36.2 Å². The van der Waals surface area contributed by atoms with E-state index in [9.17, 15) is 0 Å². The van der Waals surface area contributed by atoms with Crippen LogP contribution in [0.2, 0.25) is 10.0 Å². The Balaban J connectivity index is 1.95. The number of halogens is 2. The third-order valence-corrected chi connectivity index (χ3v) is 4.40. The first-order chi connectivity index (χ1) is 12.8. The molecule has 1 heterocycles. The van der Waals surface area contributed by atoms with E-state index in [1.165, 1.54) is 0 Å². The fraction of sp³-hybridized carbons (Fsp3) is 0.526. The maximum absolute atomic E-state index is 6.24. The van der Waals surface area contributed by atoms with Gasteiger partial charge in [-0.3, -0.25) is 4.99 Å². The van der Waals surface area contributed by atoms with E-state index in [1.807, 2.05) is 12.1 Å². The molecular formula is C19H28Cl2N6. The highest BCUT2D eigenvalue weighted by Gasteiger charge is 2.12. The first-order valence-electron chi connectivity index (χ1n) is 9.15. The second-order valence-electron chi connectivity index (χ2n) is 7.31. The van der Waals surface area contributed by atoms with Crippen LogP contribution in [0.25, 0.3) is 0 Å². The zero-order valence-electron chi connectivity index (χ0n) is 16.4. The summed E-state index contributed by atoms with van der Waals surface area (Å²) in [7, 11) is 0. The van der Waals surface area contributed by atoms with Crippen molar-refractivity contribution >= 4 is 29.2 Å². The van der Waals surface area contributed by atoms with E-state index in [-0.39, 0.29) is 5.54 Å². The fourth-order valence-electron chi connectivity index (χ4n) is 2.54. The van der Waals surface area contributed by atoms with E-state index in [0.29, 0.717) is 16.6 Å². The van der Waals surface area contributed by atoms with Crippen molar-refractivity contribution in [3.63, 3.8) is 0 Å². The van der Waals surface area contributed by atoms with Gasteiger partial charge in [0, 0.05) is 41.6 Å². The lowest BCUT2D eigenvalue weighted by Gasteiger charge is -2.24. The molecule has 1 aromatic heterocycles. The Hall–Kier alpha value is -1.79. The molecule has 0 fully saturated rings. The first kappa shape index (κ1) is 21.5. The summed E-state index contributed by atoms with van der Waals surface area (Å²) in [5, 5.41) is 16.2. The maximum Gasteiger partial charge on any atom is 0.191 e. The van der Waals surface area contributed by atoms with Gasteiger partial charge in [-0.2, -0.15) is 0 Å². The molecule has 0 amide bonds. The second kappa shape index (κ2) is 9.95. The normalized spacial score (nSPS) is 12.3. The number of rotatable bonds is 7. The summed E-state index contributed by atoms with van der Waals surface area (Å²) in [5.74, 6) is 1.76. The van der Waals surface area contributed by atoms with E-state index in [4.69, 9.17) is 28.2 Å². The summed E-state index contributed by atoms with van der Waals surface area (Å²) < 4.78 is 2.05. The SMILES string of the molecule is CCc1nncn1CCNC(=NCCc1ccc(Cl)cc1Cl)NC(C)(C)C. The molecule has 0 saturated carbocycles. The minimum Gasteiger partial charge on any atom is -0.355 e. The van der Waals surface area contributed by atoms with Crippen molar-refractivity contribution in [1.29, 1.82) is 0 Å². The lowest BCUT2D eigenvalue weighted by Crippen LogP contribution is -2.48. The number of hydrogen-bond acceptors (Lipinski definition) is 3. The van der Waals surface area contributed by atoms with E-state index in [2.05, 4.69) is 53.1 Å². The van der Waals surface area contributed by atoms with Crippen LogP contribution in [0.1, 0.15) is 39.1 Å². The van der Waals surface area contributed by atoms with Crippen LogP contribution in [-0.4, -0.2) is 39.4 Å². The Morgan fingerprint density at radius 3 is 2.70 bits per heavy atom. The van der Waals surface area contributed by atoms with Crippen molar-refractivity contribution < 1.29 is 0 Å². The molecule has 0 atom stereocenters. The molecule has 2 rings (SSSR count). The number of guanidine groups is 1. The number of aryl methyl sites for hydroxylation is 1. The van der Waals surface area contributed by atoms with Gasteiger partial charge in [0.1, 0.15) is 12.2 Å². The average molecular weight is 411 g/mol. The van der Waals surface area contributed by atoms with Crippen molar-refractivity contribution in [1.82, 2.24) is 25.4 Å². The number of nitrogens with one attached hydrogen (secondary N) is 2. The van der Waals surface area contributed by atoms with Crippen molar-refractivity contribution in [2.24, 2.45) is 4.99 Å². The highest BCUT2D eigenvalue weighted by molar-refractivity contribution is 6.35. The fourth-order valence-corrected chi connectivity index (χ4v) is 3.04. The lowest BCUT2D eigenvalue weighted by molar-refractivity contribution is 0.498. The Bertz CT molecular complexity index is 764. The highest BCUT2D eigenvalue weighted by atomic mass is 35.5. The van der Waals surface area contributed by atoms with E-state index in [0.717, 1.165) is 43.3 Å². The molecule has 0 aliphatic carbocycles. The number of benzene rings is 1. The highest BCUT2D eigenvalue weighted by Crippen LogP contribution is 2.21. The third-order valence-electron chi connectivity index (χ3n) is 3.82. The van der Waals surface area contributed by atoms with Crippen molar-refractivity contribution in [2.45, 2.75) is 52.6 Å². The van der Waals surface area contributed by atoms with Crippen LogP contribution in [-0.2, 0) is 19.4 Å². The van der Waals surface area contributed by atoms with Gasteiger partial charge in [-0.15, -0.1) is 10.2 Å². The molecule has 27 heavy (non-hydrogen) atoms. The van der Waals surface area contributed by atoms with E-state index < -0.39 is 0 Å². The first-order valence-corrected chi connectivity index (χ1v) is 9.91. The van der Waals surface area contributed by atoms with Crippen LogP contribution in [0.4, 0.5) is 0 Å². The standard InChI is InChI=1S/C19H28Cl2N6/c1-5-17-26-24-13-27(17)11-10-23-18(25-19(2,3)4)22-9-8-14-6-7-15(20)12-16(14)21/h6-7,12-13H,5,8-11H2,1-4H3,(H2,22,23,25). The molecule has 1 aromatic carbocycles. The Kier molecular flexibility index (Phi) is 7.92. The molecule has 0 radical (unpaired) electrons. The molecule has 0 unspecified atom stereocenters. The summed E-state index contributed by atoms with van der Waals surface area (Å²) in [5.41, 5.74) is 0.950. The molecule has 6 nitrogen and oxygen atoms in total. The molecule has 2 aromatic rings. The van der Waals surface area contributed by atoms with Crippen LogP contribution in [0.5, 0.6) is 0 Å². The van der Waals surface area contributed by atoms with Gasteiger partial charge in [0.25, 0.3) is 0 Å². The number of nitrogens with zero attached hydrogens (tertiary/aromatic N) is 4. The number of aromatic nitrogens is 3. The average Bonchev–Trinajstić information content (AvgIpc) is 3.03. The smallest absolute Gasteiger partial charge is 0.191 e. The van der Waals surface area contributed by atoms with Crippen molar-refractivity contribution in [3.05, 3.63) is 46.0 Å². The third kappa shape index (κ3) is 7.39. The molecule has 8 heteroatoms.